The molecule has 2 amide bonds. The van der Waals surface area contributed by atoms with Gasteiger partial charge in [-0.05, 0) is 12.1 Å². The van der Waals surface area contributed by atoms with Crippen molar-refractivity contribution in [1.82, 2.24) is 9.88 Å². The molecule has 2 aliphatic rings. The van der Waals surface area contributed by atoms with Crippen LogP contribution in [0, 0.1) is 5.92 Å². The van der Waals surface area contributed by atoms with E-state index < -0.39 is 5.92 Å². The van der Waals surface area contributed by atoms with Crippen LogP contribution in [0.3, 0.4) is 0 Å². The third-order valence-electron chi connectivity index (χ3n) is 4.69. The Morgan fingerprint density at radius 1 is 1.30 bits per heavy atom. The normalized spacial score (nSPS) is 20.3. The van der Waals surface area contributed by atoms with E-state index in [4.69, 9.17) is 9.47 Å². The first kappa shape index (κ1) is 17.7. The van der Waals surface area contributed by atoms with Gasteiger partial charge < -0.3 is 14.4 Å². The van der Waals surface area contributed by atoms with E-state index >= 15 is 0 Å². The lowest BCUT2D eigenvalue weighted by Gasteiger charge is -2.32. The van der Waals surface area contributed by atoms with Crippen LogP contribution in [-0.4, -0.2) is 54.2 Å². The maximum atomic E-state index is 12.5. The van der Waals surface area contributed by atoms with Crippen molar-refractivity contribution in [2.45, 2.75) is 18.9 Å². The Morgan fingerprint density at radius 3 is 2.81 bits per heavy atom. The number of benzene rings is 1. The molecule has 0 radical (unpaired) electrons. The van der Waals surface area contributed by atoms with E-state index in [0.717, 1.165) is 28.8 Å². The Hall–Kier alpha value is -2.74. The van der Waals surface area contributed by atoms with Crippen LogP contribution >= 0.6 is 11.3 Å². The molecule has 2 aromatic rings. The summed E-state index contributed by atoms with van der Waals surface area (Å²) in [5, 5.41) is 0.642. The van der Waals surface area contributed by atoms with Gasteiger partial charge in [0.15, 0.2) is 0 Å². The fourth-order valence-electron chi connectivity index (χ4n) is 3.19. The summed E-state index contributed by atoms with van der Waals surface area (Å²) in [5.74, 6) is -0.0137. The summed E-state index contributed by atoms with van der Waals surface area (Å²) in [5.41, 5.74) is 0.861. The molecule has 27 heavy (non-hydrogen) atoms. The number of dihydropyridines is 1. The van der Waals surface area contributed by atoms with Crippen LogP contribution in [0.4, 0.5) is 0 Å². The first-order chi connectivity index (χ1) is 13.1. The molecule has 1 aromatic heterocycles. The number of hydrogen-bond donors (Lipinski definition) is 0. The molecule has 1 saturated heterocycles. The fourth-order valence-corrected chi connectivity index (χ4v) is 4.05. The average molecular weight is 385 g/mol. The molecule has 0 saturated carbocycles. The number of nitrogens with zero attached hydrogens (tertiary/aromatic N) is 3. The molecular weight excluding hydrogens is 366 g/mol. The molecule has 0 aliphatic carbocycles. The van der Waals surface area contributed by atoms with Gasteiger partial charge in [0.25, 0.3) is 11.1 Å². The lowest BCUT2D eigenvalue weighted by atomic mass is 10.0. The number of fused-ring (bicyclic) bond motifs is 1. The first-order valence-corrected chi connectivity index (χ1v) is 9.60. The summed E-state index contributed by atoms with van der Waals surface area (Å²) in [6.45, 7) is 1.24. The minimum Gasteiger partial charge on any atom is -0.497 e. The smallest absolute Gasteiger partial charge is 0.274 e. The summed E-state index contributed by atoms with van der Waals surface area (Å²) in [7, 11) is 1.63. The Labute approximate surface area is 160 Å². The molecule has 140 valence electrons. The van der Waals surface area contributed by atoms with Gasteiger partial charge >= 0.3 is 0 Å². The number of thiazole rings is 1. The van der Waals surface area contributed by atoms with E-state index in [2.05, 4.69) is 9.98 Å². The molecule has 1 unspecified atom stereocenters. The predicted molar refractivity (Wildman–Crippen MR) is 103 cm³/mol. The predicted octanol–water partition coefficient (Wildman–Crippen LogP) is 2.46. The zero-order chi connectivity index (χ0) is 18.8. The van der Waals surface area contributed by atoms with E-state index in [0.29, 0.717) is 18.3 Å². The molecule has 7 nitrogen and oxygen atoms in total. The van der Waals surface area contributed by atoms with Crippen molar-refractivity contribution in [1.29, 1.82) is 0 Å². The fraction of sp³-hybridized carbons (Fsp3) is 0.368. The number of likely N-dealkylation sites (tertiary alicyclic amines) is 1. The van der Waals surface area contributed by atoms with Gasteiger partial charge in [0.1, 0.15) is 11.9 Å². The highest BCUT2D eigenvalue weighted by Gasteiger charge is 2.28. The molecule has 1 fully saturated rings. The van der Waals surface area contributed by atoms with Crippen molar-refractivity contribution in [3.8, 4) is 10.9 Å². The van der Waals surface area contributed by atoms with Gasteiger partial charge in [-0.25, -0.2) is 9.98 Å². The maximum absolute atomic E-state index is 12.5. The van der Waals surface area contributed by atoms with Crippen LogP contribution in [0.5, 0.6) is 10.9 Å². The largest absolute Gasteiger partial charge is 0.497 e. The molecule has 1 aromatic carbocycles. The van der Waals surface area contributed by atoms with Crippen molar-refractivity contribution < 1.29 is 19.1 Å². The van der Waals surface area contributed by atoms with Gasteiger partial charge in [-0.3, -0.25) is 9.59 Å². The van der Waals surface area contributed by atoms with Crippen molar-refractivity contribution >= 4 is 39.6 Å². The second kappa shape index (κ2) is 7.48. The van der Waals surface area contributed by atoms with Crippen molar-refractivity contribution in [3.05, 3.63) is 30.4 Å². The number of aromatic nitrogens is 1. The van der Waals surface area contributed by atoms with Crippen LogP contribution in [0.1, 0.15) is 12.8 Å². The van der Waals surface area contributed by atoms with Gasteiger partial charge in [-0.15, -0.1) is 0 Å². The summed E-state index contributed by atoms with van der Waals surface area (Å²) >= 11 is 1.51. The van der Waals surface area contributed by atoms with Crippen molar-refractivity contribution in [3.63, 3.8) is 0 Å². The molecule has 0 bridgehead atoms. The van der Waals surface area contributed by atoms with E-state index in [1.807, 2.05) is 18.2 Å². The van der Waals surface area contributed by atoms with E-state index in [1.165, 1.54) is 23.6 Å². The molecule has 4 rings (SSSR count). The summed E-state index contributed by atoms with van der Waals surface area (Å²) in [6, 6.07) is 5.78. The number of ether oxygens (including phenoxy) is 2. The number of methoxy groups -OCH3 is 1. The molecule has 1 atom stereocenters. The highest BCUT2D eigenvalue weighted by Crippen LogP contribution is 2.32. The number of aliphatic imine (C=N–C) groups is 1. The zero-order valence-corrected chi connectivity index (χ0v) is 15.6. The van der Waals surface area contributed by atoms with Crippen LogP contribution < -0.4 is 9.47 Å². The SMILES string of the molecule is COc1ccc2sc(OC3CCN(C(=O)C4C=CC(=O)N=C4)CC3)nc2c1. The number of carbonyl (C=O) groups is 2. The minimum atomic E-state index is -0.445. The second-order valence-electron chi connectivity index (χ2n) is 6.46. The number of amides is 2. The highest BCUT2D eigenvalue weighted by molar-refractivity contribution is 7.20. The van der Waals surface area contributed by atoms with Crippen molar-refractivity contribution in [2.24, 2.45) is 10.9 Å². The Kier molecular flexibility index (Phi) is 4.89. The first-order valence-electron chi connectivity index (χ1n) is 8.79. The van der Waals surface area contributed by atoms with Gasteiger partial charge in [0.05, 0.1) is 23.2 Å². The monoisotopic (exact) mass is 385 g/mol. The lowest BCUT2D eigenvalue weighted by molar-refractivity contribution is -0.133. The summed E-state index contributed by atoms with van der Waals surface area (Å²) < 4.78 is 12.3. The number of rotatable bonds is 4. The second-order valence-corrected chi connectivity index (χ2v) is 7.45. The molecule has 8 heteroatoms. The zero-order valence-electron chi connectivity index (χ0n) is 14.8. The minimum absolute atomic E-state index is 0.0203. The summed E-state index contributed by atoms with van der Waals surface area (Å²) in [4.78, 5) is 33.6. The van der Waals surface area contributed by atoms with Crippen molar-refractivity contribution in [2.75, 3.05) is 20.2 Å². The molecule has 3 heterocycles. The Bertz CT molecular complexity index is 912. The van der Waals surface area contributed by atoms with Gasteiger partial charge in [0.2, 0.25) is 5.91 Å². The quantitative estimate of drug-likeness (QED) is 0.808. The standard InChI is InChI=1S/C19H19N3O4S/c1-25-14-3-4-16-15(10-14)21-19(27-16)26-13-6-8-22(9-7-13)18(24)12-2-5-17(23)20-11-12/h2-5,10-13H,6-9H2,1H3. The number of hydrogen-bond acceptors (Lipinski definition) is 6. The van der Waals surface area contributed by atoms with Crippen LogP contribution in [0.25, 0.3) is 10.2 Å². The topological polar surface area (TPSA) is 81.1 Å². The molecule has 0 N–H and O–H groups in total. The lowest BCUT2D eigenvalue weighted by Crippen LogP contribution is -2.44. The van der Waals surface area contributed by atoms with Gasteiger partial charge in [-0.1, -0.05) is 17.4 Å². The average Bonchev–Trinajstić information content (AvgIpc) is 3.10. The molecule has 2 aliphatic heterocycles. The van der Waals surface area contributed by atoms with Gasteiger partial charge in [0, 0.05) is 44.3 Å². The maximum Gasteiger partial charge on any atom is 0.274 e. The van der Waals surface area contributed by atoms with Crippen LogP contribution in [-0.2, 0) is 9.59 Å². The van der Waals surface area contributed by atoms with E-state index in [-0.39, 0.29) is 17.9 Å². The van der Waals surface area contributed by atoms with Crippen LogP contribution in [0.2, 0.25) is 0 Å². The van der Waals surface area contributed by atoms with E-state index in [1.54, 1.807) is 18.1 Å². The number of carbonyl (C=O) groups excluding carboxylic acids is 2. The summed E-state index contributed by atoms with van der Waals surface area (Å²) in [6.07, 6.45) is 5.90. The van der Waals surface area contributed by atoms with E-state index in [9.17, 15) is 9.59 Å². The molecule has 0 spiro atoms. The third-order valence-corrected chi connectivity index (χ3v) is 5.62. The Morgan fingerprint density at radius 2 is 2.11 bits per heavy atom. The van der Waals surface area contributed by atoms with Gasteiger partial charge in [-0.2, -0.15) is 0 Å². The third kappa shape index (κ3) is 3.85. The number of piperidine rings is 1. The Balaban J connectivity index is 1.34. The highest BCUT2D eigenvalue weighted by atomic mass is 32.1. The van der Waals surface area contributed by atoms with Crippen LogP contribution in [0.15, 0.2) is 35.3 Å². The molecular formula is C19H19N3O4S.